The lowest BCUT2D eigenvalue weighted by Crippen LogP contribution is -2.52. The summed E-state index contributed by atoms with van der Waals surface area (Å²) in [6.07, 6.45) is 1.26. The molecule has 0 saturated carbocycles. The van der Waals surface area contributed by atoms with Crippen LogP contribution in [0.4, 0.5) is 0 Å². The molecule has 124 valence electrons. The Hall–Kier alpha value is -1.57. The van der Waals surface area contributed by atoms with Crippen LogP contribution >= 0.6 is 11.8 Å². The average Bonchev–Trinajstić information content (AvgIpc) is 2.91. The third kappa shape index (κ3) is 5.32. The van der Waals surface area contributed by atoms with Crippen LogP contribution in [0.15, 0.2) is 0 Å². The van der Waals surface area contributed by atoms with Crippen molar-refractivity contribution in [1.82, 2.24) is 10.2 Å². The lowest BCUT2D eigenvalue weighted by molar-refractivity contribution is -0.153. The molecule has 1 N–H and O–H groups in total. The van der Waals surface area contributed by atoms with Crippen molar-refractivity contribution in [3.63, 3.8) is 0 Å². The van der Waals surface area contributed by atoms with E-state index < -0.39 is 18.1 Å². The van der Waals surface area contributed by atoms with E-state index in [9.17, 15) is 19.2 Å². The third-order valence-electron chi connectivity index (χ3n) is 3.22. The molecule has 2 amide bonds. The van der Waals surface area contributed by atoms with Gasteiger partial charge in [0.15, 0.2) is 5.12 Å². The first-order valence-corrected chi connectivity index (χ1v) is 8.23. The number of hydrogen-bond acceptors (Lipinski definition) is 6. The van der Waals surface area contributed by atoms with Crippen molar-refractivity contribution in [1.29, 1.82) is 0 Å². The second kappa shape index (κ2) is 8.77. The second-order valence-electron chi connectivity index (χ2n) is 5.00. The van der Waals surface area contributed by atoms with Gasteiger partial charge >= 0.3 is 5.97 Å². The Kier molecular flexibility index (Phi) is 7.37. The molecule has 0 radical (unpaired) electrons. The van der Waals surface area contributed by atoms with Gasteiger partial charge in [-0.2, -0.15) is 0 Å². The topological polar surface area (TPSA) is 92.8 Å². The van der Waals surface area contributed by atoms with Crippen molar-refractivity contribution in [2.45, 2.75) is 45.7 Å². The van der Waals surface area contributed by atoms with E-state index in [4.69, 9.17) is 4.74 Å². The van der Waals surface area contributed by atoms with Crippen molar-refractivity contribution >= 4 is 34.7 Å². The van der Waals surface area contributed by atoms with Gasteiger partial charge in [0.1, 0.15) is 12.1 Å². The van der Waals surface area contributed by atoms with Gasteiger partial charge in [0.2, 0.25) is 11.8 Å². The summed E-state index contributed by atoms with van der Waals surface area (Å²) >= 11 is 0.971. The third-order valence-corrected chi connectivity index (χ3v) is 4.13. The normalized spacial score (nSPS) is 18.7. The lowest BCUT2D eigenvalue weighted by atomic mass is 10.2. The van der Waals surface area contributed by atoms with Crippen LogP contribution in [0.3, 0.4) is 0 Å². The van der Waals surface area contributed by atoms with E-state index >= 15 is 0 Å². The van der Waals surface area contributed by atoms with E-state index in [0.29, 0.717) is 19.4 Å². The Morgan fingerprint density at radius 1 is 1.32 bits per heavy atom. The number of hydrogen-bond donors (Lipinski definition) is 1. The maximum atomic E-state index is 12.6. The van der Waals surface area contributed by atoms with Crippen LogP contribution in [0.2, 0.25) is 0 Å². The van der Waals surface area contributed by atoms with Crippen LogP contribution in [0, 0.1) is 0 Å². The largest absolute Gasteiger partial charge is 0.464 e. The molecule has 1 heterocycles. The van der Waals surface area contributed by atoms with Gasteiger partial charge in [0.25, 0.3) is 0 Å². The molecule has 0 spiro atoms. The molecule has 1 aliphatic heterocycles. The van der Waals surface area contributed by atoms with Crippen molar-refractivity contribution < 1.29 is 23.9 Å². The number of likely N-dealkylation sites (tertiary alicyclic amines) is 1. The number of nitrogens with zero attached hydrogens (tertiary/aromatic N) is 1. The highest BCUT2D eigenvalue weighted by molar-refractivity contribution is 8.13. The molecule has 1 fully saturated rings. The molecule has 1 unspecified atom stereocenters. The van der Waals surface area contributed by atoms with Gasteiger partial charge in [0.05, 0.1) is 6.61 Å². The number of carbonyl (C=O) groups is 4. The van der Waals surface area contributed by atoms with Crippen molar-refractivity contribution in [2.75, 3.05) is 18.9 Å². The minimum atomic E-state index is -0.818. The number of esters is 1. The molecule has 1 saturated heterocycles. The number of ether oxygens (including phenoxy) is 1. The summed E-state index contributed by atoms with van der Waals surface area (Å²) in [5.41, 5.74) is 0. The summed E-state index contributed by atoms with van der Waals surface area (Å²) in [4.78, 5) is 48.3. The fraction of sp³-hybridized carbons (Fsp3) is 0.714. The van der Waals surface area contributed by atoms with Crippen molar-refractivity contribution in [3.8, 4) is 0 Å². The van der Waals surface area contributed by atoms with Crippen LogP contribution in [0.25, 0.3) is 0 Å². The molecule has 0 bridgehead atoms. The van der Waals surface area contributed by atoms with Crippen molar-refractivity contribution in [3.05, 3.63) is 0 Å². The maximum absolute atomic E-state index is 12.6. The summed E-state index contributed by atoms with van der Waals surface area (Å²) in [7, 11) is 0. The molecule has 22 heavy (non-hydrogen) atoms. The summed E-state index contributed by atoms with van der Waals surface area (Å²) in [5.74, 6) is -0.970. The molecule has 0 aliphatic carbocycles. The van der Waals surface area contributed by atoms with Gasteiger partial charge in [-0.25, -0.2) is 4.79 Å². The van der Waals surface area contributed by atoms with E-state index in [2.05, 4.69) is 5.32 Å². The molecule has 8 heteroatoms. The quantitative estimate of drug-likeness (QED) is 0.705. The van der Waals surface area contributed by atoms with E-state index in [1.54, 1.807) is 6.92 Å². The zero-order valence-corrected chi connectivity index (χ0v) is 13.9. The fourth-order valence-electron chi connectivity index (χ4n) is 2.33. The van der Waals surface area contributed by atoms with Gasteiger partial charge in [-0.1, -0.05) is 11.8 Å². The molecule has 0 aromatic heterocycles. The SMILES string of the molecule is CCOC(=O)[C@@H]1CCCN1C(=O)C(CSC(C)=O)NC(C)=O. The summed E-state index contributed by atoms with van der Waals surface area (Å²) in [6.45, 7) is 5.13. The monoisotopic (exact) mass is 330 g/mol. The number of amides is 2. The Morgan fingerprint density at radius 3 is 2.55 bits per heavy atom. The van der Waals surface area contributed by atoms with Crippen LogP contribution in [0.1, 0.15) is 33.6 Å². The van der Waals surface area contributed by atoms with Crippen LogP contribution < -0.4 is 5.32 Å². The van der Waals surface area contributed by atoms with Crippen molar-refractivity contribution in [2.24, 2.45) is 0 Å². The molecule has 1 rings (SSSR count). The molecule has 0 aromatic rings. The molecule has 2 atom stereocenters. The Labute approximate surface area is 134 Å². The van der Waals surface area contributed by atoms with E-state index in [1.165, 1.54) is 18.7 Å². The average molecular weight is 330 g/mol. The number of carbonyl (C=O) groups excluding carboxylic acids is 4. The fourth-order valence-corrected chi connectivity index (χ4v) is 2.96. The highest BCUT2D eigenvalue weighted by atomic mass is 32.2. The first-order chi connectivity index (χ1) is 10.4. The standard InChI is InChI=1S/C14H22N2O5S/c1-4-21-14(20)12-6-5-7-16(12)13(19)11(15-9(2)17)8-22-10(3)18/h11-12H,4-8H2,1-3H3,(H,15,17)/t11?,12-/m0/s1. The maximum Gasteiger partial charge on any atom is 0.328 e. The predicted molar refractivity (Wildman–Crippen MR) is 82.1 cm³/mol. The van der Waals surface area contributed by atoms with E-state index in [0.717, 1.165) is 11.8 Å². The minimum absolute atomic E-state index is 0.133. The Bertz CT molecular complexity index is 455. The Morgan fingerprint density at radius 2 is 2.00 bits per heavy atom. The molecular formula is C14H22N2O5S. The van der Waals surface area contributed by atoms with Crippen LogP contribution in [-0.4, -0.2) is 58.8 Å². The van der Waals surface area contributed by atoms with Crippen LogP contribution in [-0.2, 0) is 23.9 Å². The Balaban J connectivity index is 2.79. The first kappa shape index (κ1) is 18.5. The number of rotatable bonds is 6. The lowest BCUT2D eigenvalue weighted by Gasteiger charge is -2.27. The highest BCUT2D eigenvalue weighted by Gasteiger charge is 2.38. The minimum Gasteiger partial charge on any atom is -0.464 e. The van der Waals surface area contributed by atoms with Gasteiger partial charge in [-0.15, -0.1) is 0 Å². The molecule has 7 nitrogen and oxygen atoms in total. The zero-order chi connectivity index (χ0) is 16.7. The number of thioether (sulfide) groups is 1. The summed E-state index contributed by atoms with van der Waals surface area (Å²) in [6, 6.07) is -1.42. The van der Waals surface area contributed by atoms with Gasteiger partial charge in [0, 0.05) is 26.1 Å². The molecular weight excluding hydrogens is 308 g/mol. The van der Waals surface area contributed by atoms with Gasteiger partial charge in [-0.3, -0.25) is 14.4 Å². The smallest absolute Gasteiger partial charge is 0.328 e. The first-order valence-electron chi connectivity index (χ1n) is 7.24. The van der Waals surface area contributed by atoms with E-state index in [-0.39, 0.29) is 29.3 Å². The number of nitrogens with one attached hydrogen (secondary N) is 1. The summed E-state index contributed by atoms with van der Waals surface area (Å²) < 4.78 is 4.99. The second-order valence-corrected chi connectivity index (χ2v) is 6.19. The van der Waals surface area contributed by atoms with Crippen LogP contribution in [0.5, 0.6) is 0 Å². The van der Waals surface area contributed by atoms with Gasteiger partial charge < -0.3 is 15.0 Å². The van der Waals surface area contributed by atoms with Gasteiger partial charge in [-0.05, 0) is 19.8 Å². The predicted octanol–water partition coefficient (Wildman–Crippen LogP) is 0.325. The summed E-state index contributed by atoms with van der Waals surface area (Å²) in [5, 5.41) is 2.42. The zero-order valence-electron chi connectivity index (χ0n) is 13.1. The molecule has 0 aromatic carbocycles. The molecule has 1 aliphatic rings. The highest BCUT2D eigenvalue weighted by Crippen LogP contribution is 2.20. The van der Waals surface area contributed by atoms with E-state index in [1.807, 2.05) is 0 Å².